The number of aliphatic carboxylic acids is 3. The first kappa shape index (κ1) is 35.3. The summed E-state index contributed by atoms with van der Waals surface area (Å²) in [5.41, 5.74) is -2.56. The Morgan fingerprint density at radius 2 is 1.26 bits per heavy atom. The fourth-order valence-corrected chi connectivity index (χ4v) is 2.86. The van der Waals surface area contributed by atoms with E-state index in [1.807, 2.05) is 0 Å². The van der Waals surface area contributed by atoms with E-state index in [0.29, 0.717) is 11.2 Å². The van der Waals surface area contributed by atoms with Crippen molar-refractivity contribution in [1.82, 2.24) is 18.7 Å². The number of aryl methyl sites for hydroxylation is 2. The minimum atomic E-state index is -2.74. The van der Waals surface area contributed by atoms with E-state index in [4.69, 9.17) is 51.1 Å². The summed E-state index contributed by atoms with van der Waals surface area (Å²) in [4.78, 5) is 57.6. The van der Waals surface area contributed by atoms with E-state index in [1.54, 1.807) is 18.7 Å². The van der Waals surface area contributed by atoms with Gasteiger partial charge in [-0.05, 0) is 0 Å². The van der Waals surface area contributed by atoms with E-state index in [1.165, 1.54) is 17.9 Å². The van der Waals surface area contributed by atoms with Crippen molar-refractivity contribution >= 4 is 29.1 Å². The number of carboxylic acids is 3. The average Bonchev–Trinajstić information content (AvgIpc) is 3.25. The van der Waals surface area contributed by atoms with Crippen molar-refractivity contribution in [1.29, 1.82) is 0 Å². The Balaban J connectivity index is 0.000000558. The second-order valence-corrected chi connectivity index (χ2v) is 8.19. The van der Waals surface area contributed by atoms with Crippen LogP contribution in [-0.4, -0.2) is 131 Å². The van der Waals surface area contributed by atoms with Crippen molar-refractivity contribution in [2.24, 2.45) is 21.1 Å². The number of rotatable bonds is 10. The molecule has 222 valence electrons. The van der Waals surface area contributed by atoms with Crippen molar-refractivity contribution in [3.05, 3.63) is 27.2 Å². The van der Waals surface area contributed by atoms with Gasteiger partial charge in [0.1, 0.15) is 24.4 Å². The molecule has 0 aliphatic heterocycles. The number of carboxylic acid groups (broad SMARTS) is 3. The summed E-state index contributed by atoms with van der Waals surface area (Å²) in [7, 11) is 4.77. The number of aromatic nitrogens is 4. The molecule has 0 saturated carbocycles. The highest BCUT2D eigenvalue weighted by Crippen LogP contribution is 2.15. The maximum Gasteiger partial charge on any atom is 0.336 e. The Hall–Kier alpha value is -3.72. The SMILES string of the molecule is Cn1c(=O)c2c(ncn2C)n(C)c1=O.O=C(O)CC(O)(CC(=O)O)C(=O)O.OC[C@@H](O)[C@@H](O)[C@H](O)[C@@H](O)CO. The molecule has 2 aromatic rings. The lowest BCUT2D eigenvalue weighted by molar-refractivity contribution is -0.170. The topological polar surface area (TPSA) is 315 Å². The molecule has 0 unspecified atom stereocenters. The van der Waals surface area contributed by atoms with Crippen LogP contribution < -0.4 is 11.2 Å². The van der Waals surface area contributed by atoms with Crippen molar-refractivity contribution in [3.8, 4) is 0 Å². The van der Waals surface area contributed by atoms with E-state index >= 15 is 0 Å². The predicted octanol–water partition coefficient (Wildman–Crippen LogP) is -5.86. The third kappa shape index (κ3) is 9.51. The highest BCUT2D eigenvalue weighted by molar-refractivity contribution is 5.88. The third-order valence-electron chi connectivity index (χ3n) is 5.11. The second kappa shape index (κ2) is 15.0. The van der Waals surface area contributed by atoms with Crippen LogP contribution in [0, 0.1) is 0 Å². The summed E-state index contributed by atoms with van der Waals surface area (Å²) in [6.07, 6.45) is -7.16. The third-order valence-corrected chi connectivity index (χ3v) is 5.11. The van der Waals surface area contributed by atoms with Gasteiger partial charge in [-0.3, -0.25) is 23.5 Å². The van der Waals surface area contributed by atoms with Crippen molar-refractivity contribution in [2.45, 2.75) is 42.9 Å². The molecule has 0 radical (unpaired) electrons. The van der Waals surface area contributed by atoms with Crippen molar-refractivity contribution < 1.29 is 65.4 Å². The zero-order valence-electron chi connectivity index (χ0n) is 21.0. The molecule has 2 aromatic heterocycles. The normalized spacial score (nSPS) is 14.2. The maximum absolute atomic E-state index is 11.7. The van der Waals surface area contributed by atoms with Gasteiger partial charge in [-0.2, -0.15) is 0 Å². The molecule has 10 N–H and O–H groups in total. The molecule has 2 rings (SSSR count). The zero-order chi connectivity index (χ0) is 30.8. The molecular formula is C20H32N4O15. The Bertz CT molecular complexity index is 1220. The molecule has 2 heterocycles. The van der Waals surface area contributed by atoms with E-state index in [2.05, 4.69) is 4.98 Å². The van der Waals surface area contributed by atoms with Gasteiger partial charge in [0.15, 0.2) is 16.8 Å². The van der Waals surface area contributed by atoms with E-state index < -0.39 is 74.0 Å². The van der Waals surface area contributed by atoms with Gasteiger partial charge >= 0.3 is 23.6 Å². The molecular weight excluding hydrogens is 536 g/mol. The largest absolute Gasteiger partial charge is 0.481 e. The summed E-state index contributed by atoms with van der Waals surface area (Å²) < 4.78 is 4.04. The van der Waals surface area contributed by atoms with Crippen LogP contribution in [0.15, 0.2) is 15.9 Å². The van der Waals surface area contributed by atoms with Crippen LogP contribution >= 0.6 is 0 Å². The molecule has 0 bridgehead atoms. The average molecular weight is 568 g/mol. The van der Waals surface area contributed by atoms with E-state index in [0.717, 1.165) is 4.57 Å². The van der Waals surface area contributed by atoms with E-state index in [-0.39, 0.29) is 11.2 Å². The number of aliphatic hydroxyl groups is 7. The fourth-order valence-electron chi connectivity index (χ4n) is 2.86. The van der Waals surface area contributed by atoms with Gasteiger partial charge in [0, 0.05) is 21.1 Å². The lowest BCUT2D eigenvalue weighted by Gasteiger charge is -2.24. The standard InChI is InChI=1S/C8H10N4O2.C6H8O7.C6H14O6/c1-10-4-9-6-5(10)7(13)12(3)8(14)11(6)2;7-3(8)1-6(13,5(11)12)2-4(9)10;7-1-3(9)5(11)6(12)4(10)2-8/h4H,1-3H3;13H,1-2H2,(H,7,8)(H,9,10)(H,11,12);3-12H,1-2H2/t;;3-,4+,5-,6-/m..1/s1. The highest BCUT2D eigenvalue weighted by atomic mass is 16.4. The van der Waals surface area contributed by atoms with Crippen LogP contribution in [0.25, 0.3) is 11.2 Å². The molecule has 0 fully saturated rings. The van der Waals surface area contributed by atoms with Crippen molar-refractivity contribution in [3.63, 3.8) is 0 Å². The number of imidazole rings is 1. The number of hydrogen-bond donors (Lipinski definition) is 10. The molecule has 0 spiro atoms. The summed E-state index contributed by atoms with van der Waals surface area (Å²) in [6.45, 7) is -1.45. The first-order chi connectivity index (χ1) is 17.9. The Labute approximate surface area is 218 Å². The Morgan fingerprint density at radius 1 is 0.846 bits per heavy atom. The van der Waals surface area contributed by atoms with Crippen LogP contribution in [0.5, 0.6) is 0 Å². The zero-order valence-corrected chi connectivity index (χ0v) is 21.0. The second-order valence-electron chi connectivity index (χ2n) is 8.19. The van der Waals surface area contributed by atoms with Gasteiger partial charge in [0.2, 0.25) is 0 Å². The number of hydrogen-bond acceptors (Lipinski definition) is 13. The fraction of sp³-hybridized carbons (Fsp3) is 0.600. The minimum absolute atomic E-state index is 0.317. The first-order valence-corrected chi connectivity index (χ1v) is 10.8. The summed E-state index contributed by atoms with van der Waals surface area (Å²) in [5, 5.41) is 86.0. The van der Waals surface area contributed by atoms with Crippen LogP contribution in [0.3, 0.4) is 0 Å². The van der Waals surface area contributed by atoms with E-state index in [9.17, 15) is 24.0 Å². The predicted molar refractivity (Wildman–Crippen MR) is 126 cm³/mol. The molecule has 19 nitrogen and oxygen atoms in total. The van der Waals surface area contributed by atoms with Crippen LogP contribution in [-0.2, 0) is 35.5 Å². The molecule has 19 heteroatoms. The number of fused-ring (bicyclic) bond motifs is 1. The number of nitrogens with zero attached hydrogens (tertiary/aromatic N) is 4. The monoisotopic (exact) mass is 568 g/mol. The number of carbonyl (C=O) groups is 3. The van der Waals surface area contributed by atoms with Crippen LogP contribution in [0.2, 0.25) is 0 Å². The molecule has 39 heavy (non-hydrogen) atoms. The molecule has 0 aliphatic carbocycles. The Kier molecular flexibility index (Phi) is 13.6. The van der Waals surface area contributed by atoms with Gasteiger partial charge in [-0.1, -0.05) is 0 Å². The van der Waals surface area contributed by atoms with Crippen LogP contribution in [0.4, 0.5) is 0 Å². The van der Waals surface area contributed by atoms with Gasteiger partial charge < -0.3 is 55.6 Å². The molecule has 0 aliphatic rings. The molecule has 4 atom stereocenters. The summed E-state index contributed by atoms with van der Waals surface area (Å²) in [6, 6.07) is 0. The smallest absolute Gasteiger partial charge is 0.336 e. The highest BCUT2D eigenvalue weighted by Gasteiger charge is 2.40. The maximum atomic E-state index is 11.7. The lowest BCUT2D eigenvalue weighted by atomic mass is 9.96. The van der Waals surface area contributed by atoms with Crippen LogP contribution in [0.1, 0.15) is 12.8 Å². The first-order valence-electron chi connectivity index (χ1n) is 10.8. The van der Waals surface area contributed by atoms with Gasteiger partial charge in [0.25, 0.3) is 5.56 Å². The Morgan fingerprint density at radius 3 is 1.59 bits per heavy atom. The van der Waals surface area contributed by atoms with Gasteiger partial charge in [0.05, 0.1) is 32.4 Å². The summed E-state index contributed by atoms with van der Waals surface area (Å²) in [5.74, 6) is -5.02. The van der Waals surface area contributed by atoms with Gasteiger partial charge in [-0.15, -0.1) is 0 Å². The lowest BCUT2D eigenvalue weighted by Crippen LogP contribution is -2.46. The number of aliphatic hydroxyl groups excluding tert-OH is 6. The quantitative estimate of drug-likeness (QED) is 0.127. The van der Waals surface area contributed by atoms with Crippen molar-refractivity contribution in [2.75, 3.05) is 13.2 Å². The molecule has 0 saturated heterocycles. The minimum Gasteiger partial charge on any atom is -0.481 e. The summed E-state index contributed by atoms with van der Waals surface area (Å²) >= 11 is 0. The van der Waals surface area contributed by atoms with Gasteiger partial charge in [-0.25, -0.2) is 14.6 Å². The molecule has 0 aromatic carbocycles. The molecule has 0 amide bonds.